The van der Waals surface area contributed by atoms with E-state index < -0.39 is 0 Å². The van der Waals surface area contributed by atoms with Crippen LogP contribution in [0.25, 0.3) is 0 Å². The monoisotopic (exact) mass is 296 g/mol. The molecule has 1 unspecified atom stereocenters. The van der Waals surface area contributed by atoms with E-state index in [1.807, 2.05) is 6.92 Å². The minimum absolute atomic E-state index is 0.0185. The van der Waals surface area contributed by atoms with E-state index in [9.17, 15) is 4.79 Å². The highest BCUT2D eigenvalue weighted by molar-refractivity contribution is 14.1. The van der Waals surface area contributed by atoms with Crippen molar-refractivity contribution in [2.45, 2.75) is 55.5 Å². The van der Waals surface area contributed by atoms with Crippen LogP contribution in [0.3, 0.4) is 0 Å². The zero-order valence-electron chi connectivity index (χ0n) is 8.09. The van der Waals surface area contributed by atoms with Gasteiger partial charge in [0, 0.05) is 0 Å². The van der Waals surface area contributed by atoms with Crippen molar-refractivity contribution < 1.29 is 9.53 Å². The summed E-state index contributed by atoms with van der Waals surface area (Å²) in [5, 5.41) is 0. The molecule has 0 aromatic rings. The largest absolute Gasteiger partial charge is 0.462 e. The second-order valence-corrected chi connectivity index (χ2v) is 5.08. The van der Waals surface area contributed by atoms with E-state index in [0.29, 0.717) is 0 Å². The molecule has 0 radical (unpaired) electrons. The van der Waals surface area contributed by atoms with Crippen molar-refractivity contribution in [3.8, 4) is 0 Å². The fourth-order valence-corrected chi connectivity index (χ4v) is 1.73. The molecular weight excluding hydrogens is 279 g/mol. The second-order valence-electron chi connectivity index (χ2n) is 3.57. The highest BCUT2D eigenvalue weighted by Gasteiger charge is 2.21. The first-order valence-corrected chi connectivity index (χ1v) is 6.33. The van der Waals surface area contributed by atoms with Crippen molar-refractivity contribution in [2.24, 2.45) is 0 Å². The first-order chi connectivity index (χ1) is 6.24. The van der Waals surface area contributed by atoms with Gasteiger partial charge in [0.1, 0.15) is 10.0 Å². The third-order valence-corrected chi connectivity index (χ3v) is 3.84. The summed E-state index contributed by atoms with van der Waals surface area (Å²) in [6, 6.07) is 0. The summed E-state index contributed by atoms with van der Waals surface area (Å²) in [5.74, 6) is -0.0185. The predicted octanol–water partition coefficient (Wildman–Crippen LogP) is 3.08. The van der Waals surface area contributed by atoms with Crippen LogP contribution in [-0.4, -0.2) is 16.0 Å². The zero-order valence-corrected chi connectivity index (χ0v) is 10.2. The molecule has 13 heavy (non-hydrogen) atoms. The maximum Gasteiger partial charge on any atom is 0.319 e. The number of ether oxygens (including phenoxy) is 1. The standard InChI is InChI=1S/C10H17IO2/c1-2-9(11)10(12)13-8-6-4-3-5-7-8/h8-9H,2-7H2,1H3. The lowest BCUT2D eigenvalue weighted by Crippen LogP contribution is -2.25. The number of hydrogen-bond donors (Lipinski definition) is 0. The Morgan fingerprint density at radius 2 is 2.08 bits per heavy atom. The lowest BCUT2D eigenvalue weighted by molar-refractivity contribution is -0.149. The van der Waals surface area contributed by atoms with Crippen LogP contribution in [0.5, 0.6) is 0 Å². The molecule has 1 aliphatic carbocycles. The number of carbonyl (C=O) groups excluding carboxylic acids is 1. The third-order valence-electron chi connectivity index (χ3n) is 2.45. The SMILES string of the molecule is CCC(I)C(=O)OC1CCCCC1. The summed E-state index contributed by atoms with van der Waals surface area (Å²) in [4.78, 5) is 11.4. The van der Waals surface area contributed by atoms with Crippen LogP contribution < -0.4 is 0 Å². The van der Waals surface area contributed by atoms with E-state index in [2.05, 4.69) is 22.6 Å². The summed E-state index contributed by atoms with van der Waals surface area (Å²) in [5.41, 5.74) is 0. The minimum Gasteiger partial charge on any atom is -0.462 e. The second kappa shape index (κ2) is 5.83. The highest BCUT2D eigenvalue weighted by atomic mass is 127. The molecule has 0 spiro atoms. The van der Waals surface area contributed by atoms with Gasteiger partial charge in [-0.2, -0.15) is 0 Å². The van der Waals surface area contributed by atoms with Crippen LogP contribution in [0.2, 0.25) is 0 Å². The van der Waals surface area contributed by atoms with Crippen molar-refractivity contribution >= 4 is 28.6 Å². The van der Waals surface area contributed by atoms with Gasteiger partial charge < -0.3 is 4.74 Å². The van der Waals surface area contributed by atoms with Crippen molar-refractivity contribution in [3.63, 3.8) is 0 Å². The molecule has 76 valence electrons. The number of alkyl halides is 1. The molecule has 1 aliphatic rings. The average Bonchev–Trinajstić information content (AvgIpc) is 2.18. The predicted molar refractivity (Wildman–Crippen MR) is 61.1 cm³/mol. The molecule has 0 amide bonds. The van der Waals surface area contributed by atoms with Crippen LogP contribution in [0.1, 0.15) is 45.4 Å². The molecule has 1 rings (SSSR count). The van der Waals surface area contributed by atoms with Gasteiger partial charge in [-0.05, 0) is 32.1 Å². The lowest BCUT2D eigenvalue weighted by Gasteiger charge is -2.22. The van der Waals surface area contributed by atoms with Crippen molar-refractivity contribution in [1.82, 2.24) is 0 Å². The molecule has 1 fully saturated rings. The minimum atomic E-state index is -0.0185. The maximum absolute atomic E-state index is 11.4. The molecule has 3 heteroatoms. The van der Waals surface area contributed by atoms with Crippen molar-refractivity contribution in [3.05, 3.63) is 0 Å². The van der Waals surface area contributed by atoms with E-state index in [4.69, 9.17) is 4.74 Å². The Morgan fingerprint density at radius 3 is 2.62 bits per heavy atom. The van der Waals surface area contributed by atoms with E-state index in [-0.39, 0.29) is 16.0 Å². The molecule has 2 nitrogen and oxygen atoms in total. The van der Waals surface area contributed by atoms with Gasteiger partial charge in [0.15, 0.2) is 0 Å². The highest BCUT2D eigenvalue weighted by Crippen LogP contribution is 2.21. The van der Waals surface area contributed by atoms with E-state index >= 15 is 0 Å². The van der Waals surface area contributed by atoms with E-state index in [0.717, 1.165) is 19.3 Å². The molecule has 0 aromatic carbocycles. The Hall–Kier alpha value is 0.200. The van der Waals surface area contributed by atoms with Gasteiger partial charge in [0.05, 0.1) is 0 Å². The summed E-state index contributed by atoms with van der Waals surface area (Å²) in [6.45, 7) is 2.01. The van der Waals surface area contributed by atoms with Crippen LogP contribution in [0.4, 0.5) is 0 Å². The molecule has 0 bridgehead atoms. The fraction of sp³-hybridized carbons (Fsp3) is 0.900. The van der Waals surface area contributed by atoms with Crippen molar-refractivity contribution in [1.29, 1.82) is 0 Å². The summed E-state index contributed by atoms with van der Waals surface area (Å²) in [6.07, 6.45) is 6.95. The number of halogens is 1. The Bertz CT molecular complexity index is 164. The quantitative estimate of drug-likeness (QED) is 0.454. The molecule has 1 atom stereocenters. The van der Waals surface area contributed by atoms with Gasteiger partial charge >= 0.3 is 5.97 Å². The van der Waals surface area contributed by atoms with E-state index in [1.54, 1.807) is 0 Å². The molecule has 0 heterocycles. The summed E-state index contributed by atoms with van der Waals surface area (Å²) >= 11 is 2.15. The normalized spacial score (nSPS) is 21.1. The topological polar surface area (TPSA) is 26.3 Å². The first-order valence-electron chi connectivity index (χ1n) is 5.08. The smallest absolute Gasteiger partial charge is 0.319 e. The van der Waals surface area contributed by atoms with Gasteiger partial charge in [-0.25, -0.2) is 0 Å². The summed E-state index contributed by atoms with van der Waals surface area (Å²) < 4.78 is 5.44. The van der Waals surface area contributed by atoms with Gasteiger partial charge in [-0.15, -0.1) is 0 Å². The molecule has 0 aromatic heterocycles. The average molecular weight is 296 g/mol. The van der Waals surface area contributed by atoms with Crippen LogP contribution in [0.15, 0.2) is 0 Å². The summed E-state index contributed by atoms with van der Waals surface area (Å²) in [7, 11) is 0. The third kappa shape index (κ3) is 3.83. The molecule has 1 saturated carbocycles. The number of rotatable bonds is 3. The molecule has 0 aliphatic heterocycles. The van der Waals surface area contributed by atoms with Crippen LogP contribution >= 0.6 is 22.6 Å². The van der Waals surface area contributed by atoms with E-state index in [1.165, 1.54) is 19.3 Å². The van der Waals surface area contributed by atoms with Crippen molar-refractivity contribution in [2.75, 3.05) is 0 Å². The van der Waals surface area contributed by atoms with Gasteiger partial charge in [-0.3, -0.25) is 4.79 Å². The number of esters is 1. The van der Waals surface area contributed by atoms with Gasteiger partial charge in [0.25, 0.3) is 0 Å². The van der Waals surface area contributed by atoms with Crippen LogP contribution in [-0.2, 0) is 9.53 Å². The molecule has 0 N–H and O–H groups in total. The Labute approximate surface area is 93.6 Å². The molecular formula is C10H17IO2. The van der Waals surface area contributed by atoms with Gasteiger partial charge in [0.2, 0.25) is 0 Å². The van der Waals surface area contributed by atoms with Crippen LogP contribution in [0, 0.1) is 0 Å². The molecule has 0 saturated heterocycles. The Morgan fingerprint density at radius 1 is 1.46 bits per heavy atom. The number of hydrogen-bond acceptors (Lipinski definition) is 2. The Balaban J connectivity index is 2.26. The lowest BCUT2D eigenvalue weighted by atomic mass is 9.98. The fourth-order valence-electron chi connectivity index (χ4n) is 1.59. The Kier molecular flexibility index (Phi) is 5.06. The maximum atomic E-state index is 11.4. The first kappa shape index (κ1) is 11.3. The van der Waals surface area contributed by atoms with Gasteiger partial charge in [-0.1, -0.05) is 35.9 Å². The zero-order chi connectivity index (χ0) is 9.68. The number of carbonyl (C=O) groups is 1.